The van der Waals surface area contributed by atoms with Crippen LogP contribution in [0.15, 0.2) is 18.3 Å². The molecule has 1 aromatic carbocycles. The minimum absolute atomic E-state index is 0.0434. The second kappa shape index (κ2) is 6.24. The average Bonchev–Trinajstić information content (AvgIpc) is 3.13. The van der Waals surface area contributed by atoms with Crippen LogP contribution in [0.25, 0.3) is 10.9 Å². The van der Waals surface area contributed by atoms with Crippen molar-refractivity contribution in [3.63, 3.8) is 0 Å². The maximum absolute atomic E-state index is 14.4. The van der Waals surface area contributed by atoms with Gasteiger partial charge >= 0.3 is 6.09 Å². The zero-order valence-electron chi connectivity index (χ0n) is 14.2. The quantitative estimate of drug-likeness (QED) is 0.903. The van der Waals surface area contributed by atoms with Gasteiger partial charge in [0, 0.05) is 11.6 Å². The molecule has 2 aromatic rings. The summed E-state index contributed by atoms with van der Waals surface area (Å²) in [6.45, 7) is 5.18. The average molecular weight is 346 g/mol. The van der Waals surface area contributed by atoms with Gasteiger partial charge in [-0.15, -0.1) is 0 Å². The van der Waals surface area contributed by atoms with Gasteiger partial charge in [0.25, 0.3) is 0 Å². The lowest BCUT2D eigenvalue weighted by Crippen LogP contribution is -2.36. The van der Waals surface area contributed by atoms with Crippen molar-refractivity contribution in [1.29, 1.82) is 5.26 Å². The minimum atomic E-state index is -1.38. The third kappa shape index (κ3) is 3.50. The second-order valence-electron chi connectivity index (χ2n) is 6.93. The number of fused-ring (bicyclic) bond motifs is 1. The maximum atomic E-state index is 14.4. The summed E-state index contributed by atoms with van der Waals surface area (Å²) in [5, 5.41) is 16.8. The Bertz CT molecular complexity index is 837. The molecule has 0 aliphatic carbocycles. The fourth-order valence-electron chi connectivity index (χ4n) is 2.66. The number of aromatic nitrogens is 2. The fraction of sp³-hybridized carbons (Fsp3) is 0.471. The number of aromatic amines is 1. The molecule has 1 saturated heterocycles. The highest BCUT2D eigenvalue weighted by Gasteiger charge is 2.39. The van der Waals surface area contributed by atoms with Crippen LogP contribution in [0.4, 0.5) is 9.18 Å². The number of carbonyl (C=O) groups excluding carboxylic acids is 1. The Balaban J connectivity index is 1.79. The van der Waals surface area contributed by atoms with Crippen LogP contribution >= 0.6 is 0 Å². The molecule has 1 fully saturated rings. The molecule has 2 atom stereocenters. The molecular formula is C17H19FN4O3. The molecule has 0 spiro atoms. The maximum Gasteiger partial charge on any atom is 0.410 e. The Morgan fingerprint density at radius 3 is 2.88 bits per heavy atom. The van der Waals surface area contributed by atoms with Gasteiger partial charge < -0.3 is 14.4 Å². The predicted octanol–water partition coefficient (Wildman–Crippen LogP) is 2.77. The molecule has 1 N–H and O–H groups in total. The highest BCUT2D eigenvalue weighted by atomic mass is 19.1. The number of alkyl halides is 1. The Morgan fingerprint density at radius 1 is 1.44 bits per heavy atom. The molecule has 0 saturated carbocycles. The van der Waals surface area contributed by atoms with Crippen LogP contribution in [0.1, 0.15) is 26.3 Å². The molecule has 7 nitrogen and oxygen atoms in total. The van der Waals surface area contributed by atoms with Gasteiger partial charge in [-0.2, -0.15) is 10.4 Å². The van der Waals surface area contributed by atoms with E-state index in [1.807, 2.05) is 6.07 Å². The van der Waals surface area contributed by atoms with E-state index < -0.39 is 24.0 Å². The van der Waals surface area contributed by atoms with Crippen LogP contribution < -0.4 is 4.74 Å². The highest BCUT2D eigenvalue weighted by molar-refractivity contribution is 5.86. The number of ether oxygens (including phenoxy) is 2. The van der Waals surface area contributed by atoms with E-state index >= 15 is 0 Å². The Kier molecular flexibility index (Phi) is 4.25. The minimum Gasteiger partial charge on any atom is -0.482 e. The first kappa shape index (κ1) is 17.0. The van der Waals surface area contributed by atoms with Crippen molar-refractivity contribution in [1.82, 2.24) is 15.1 Å². The van der Waals surface area contributed by atoms with Crippen LogP contribution in [0.5, 0.6) is 5.75 Å². The van der Waals surface area contributed by atoms with Crippen molar-refractivity contribution in [3.05, 3.63) is 23.9 Å². The zero-order chi connectivity index (χ0) is 18.2. The number of halogens is 1. The van der Waals surface area contributed by atoms with E-state index in [2.05, 4.69) is 10.2 Å². The fourth-order valence-corrected chi connectivity index (χ4v) is 2.66. The summed E-state index contributed by atoms with van der Waals surface area (Å²) in [7, 11) is 0. The standard InChI is InChI=1S/C17H19FN4O3/c1-17(2,3)25-16(23)22-8-12(18)13(9-22)24-15-10(6-19)4-5-11-7-20-21-14(11)15/h4-5,7,12-13H,8-9H2,1-3H3,(H,20,21)/t12-,13-/m1/s1. The summed E-state index contributed by atoms with van der Waals surface area (Å²) in [6.07, 6.45) is -1.19. The van der Waals surface area contributed by atoms with Crippen LogP contribution in [0.2, 0.25) is 0 Å². The Labute approximate surface area is 144 Å². The summed E-state index contributed by atoms with van der Waals surface area (Å²) in [4.78, 5) is 13.4. The first-order chi connectivity index (χ1) is 11.8. The molecule has 132 valence electrons. The van der Waals surface area contributed by atoms with Gasteiger partial charge in [-0.3, -0.25) is 5.10 Å². The lowest BCUT2D eigenvalue weighted by molar-refractivity contribution is 0.0274. The van der Waals surface area contributed by atoms with E-state index in [1.165, 1.54) is 4.90 Å². The van der Waals surface area contributed by atoms with Gasteiger partial charge in [0.15, 0.2) is 11.9 Å². The first-order valence-corrected chi connectivity index (χ1v) is 7.94. The van der Waals surface area contributed by atoms with Crippen LogP contribution in [0.3, 0.4) is 0 Å². The molecule has 1 amide bonds. The SMILES string of the molecule is CC(C)(C)OC(=O)N1C[C@@H](F)[C@H](Oc2c(C#N)ccc3c[nH]nc23)C1. The summed E-state index contributed by atoms with van der Waals surface area (Å²) < 4.78 is 25.4. The number of hydrogen-bond acceptors (Lipinski definition) is 5. The third-order valence-corrected chi connectivity index (χ3v) is 3.80. The summed E-state index contributed by atoms with van der Waals surface area (Å²) in [5.41, 5.74) is 0.0701. The van der Waals surface area contributed by atoms with Gasteiger partial charge in [0.2, 0.25) is 0 Å². The van der Waals surface area contributed by atoms with E-state index in [-0.39, 0.29) is 24.4 Å². The number of likely N-dealkylation sites (tertiary alicyclic amines) is 1. The molecule has 1 aliphatic rings. The number of rotatable bonds is 2. The van der Waals surface area contributed by atoms with E-state index in [0.717, 1.165) is 5.39 Å². The van der Waals surface area contributed by atoms with E-state index in [4.69, 9.17) is 9.47 Å². The van der Waals surface area contributed by atoms with Crippen molar-refractivity contribution in [2.45, 2.75) is 38.6 Å². The monoisotopic (exact) mass is 346 g/mol. The van der Waals surface area contributed by atoms with Crippen LogP contribution in [-0.2, 0) is 4.74 Å². The number of hydrogen-bond donors (Lipinski definition) is 1. The molecule has 2 heterocycles. The topological polar surface area (TPSA) is 91.2 Å². The largest absolute Gasteiger partial charge is 0.482 e. The van der Waals surface area contributed by atoms with Gasteiger partial charge in [0.1, 0.15) is 23.3 Å². The number of H-pyrrole nitrogens is 1. The normalized spacial score (nSPS) is 20.5. The smallest absolute Gasteiger partial charge is 0.410 e. The Morgan fingerprint density at radius 2 is 2.20 bits per heavy atom. The predicted molar refractivity (Wildman–Crippen MR) is 87.9 cm³/mol. The van der Waals surface area contributed by atoms with Gasteiger partial charge in [-0.05, 0) is 32.9 Å². The molecule has 0 unspecified atom stereocenters. The van der Waals surface area contributed by atoms with Gasteiger partial charge in [-0.1, -0.05) is 0 Å². The first-order valence-electron chi connectivity index (χ1n) is 7.94. The van der Waals surface area contributed by atoms with Gasteiger partial charge in [0.05, 0.1) is 18.7 Å². The van der Waals surface area contributed by atoms with E-state index in [0.29, 0.717) is 5.52 Å². The zero-order valence-corrected chi connectivity index (χ0v) is 14.2. The van der Waals surface area contributed by atoms with Gasteiger partial charge in [-0.25, -0.2) is 9.18 Å². The molecule has 25 heavy (non-hydrogen) atoms. The molecule has 8 heteroatoms. The molecule has 1 aliphatic heterocycles. The lowest BCUT2D eigenvalue weighted by atomic mass is 10.1. The summed E-state index contributed by atoms with van der Waals surface area (Å²) in [6, 6.07) is 5.36. The van der Waals surface area contributed by atoms with Crippen molar-refractivity contribution in [2.24, 2.45) is 0 Å². The number of nitrogens with one attached hydrogen (secondary N) is 1. The van der Waals surface area contributed by atoms with E-state index in [1.54, 1.807) is 39.1 Å². The second-order valence-corrected chi connectivity index (χ2v) is 6.93. The third-order valence-electron chi connectivity index (χ3n) is 3.80. The molecule has 0 bridgehead atoms. The van der Waals surface area contributed by atoms with Crippen LogP contribution in [0, 0.1) is 11.3 Å². The van der Waals surface area contributed by atoms with Crippen molar-refractivity contribution in [3.8, 4) is 11.8 Å². The molecule has 0 radical (unpaired) electrons. The summed E-state index contributed by atoms with van der Waals surface area (Å²) >= 11 is 0. The Hall–Kier alpha value is -2.82. The number of nitrogens with zero attached hydrogens (tertiary/aromatic N) is 3. The lowest BCUT2D eigenvalue weighted by Gasteiger charge is -2.24. The van der Waals surface area contributed by atoms with Crippen molar-refractivity contribution < 1.29 is 18.7 Å². The molecule has 3 rings (SSSR count). The van der Waals surface area contributed by atoms with E-state index in [9.17, 15) is 14.4 Å². The molecule has 1 aromatic heterocycles. The van der Waals surface area contributed by atoms with Crippen LogP contribution in [-0.4, -0.2) is 52.2 Å². The number of nitriles is 1. The van der Waals surface area contributed by atoms with Crippen molar-refractivity contribution in [2.75, 3.05) is 13.1 Å². The number of carbonyl (C=O) groups is 1. The summed E-state index contributed by atoms with van der Waals surface area (Å²) in [5.74, 6) is 0.222. The highest BCUT2D eigenvalue weighted by Crippen LogP contribution is 2.31. The molecular weight excluding hydrogens is 327 g/mol. The van der Waals surface area contributed by atoms with Crippen molar-refractivity contribution >= 4 is 17.0 Å². The number of benzene rings is 1. The number of amides is 1.